The number of carbonyl (C=O) groups excluding carboxylic acids is 2. The number of phenolic OH excluding ortho intramolecular Hbond substituents is 1. The van der Waals surface area contributed by atoms with Gasteiger partial charge in [-0.15, -0.1) is 0 Å². The summed E-state index contributed by atoms with van der Waals surface area (Å²) in [5.74, 6) is -1.90. The van der Waals surface area contributed by atoms with Crippen molar-refractivity contribution in [1.82, 2.24) is 4.90 Å². The fourth-order valence-electron chi connectivity index (χ4n) is 2.03. The zero-order chi connectivity index (χ0) is 18.5. The lowest BCUT2D eigenvalue weighted by atomic mass is 10.0. The van der Waals surface area contributed by atoms with Crippen LogP contribution in [0, 0.1) is 0 Å². The summed E-state index contributed by atoms with van der Waals surface area (Å²) in [5.41, 5.74) is -0.289. The lowest BCUT2D eigenvalue weighted by Crippen LogP contribution is -2.51. The van der Waals surface area contributed by atoms with E-state index in [2.05, 4.69) is 0 Å². The van der Waals surface area contributed by atoms with Crippen LogP contribution in [0.25, 0.3) is 0 Å². The minimum atomic E-state index is -1.39. The average Bonchev–Trinajstić information content (AvgIpc) is 2.46. The number of hydrogen-bond acceptors (Lipinski definition) is 5. The van der Waals surface area contributed by atoms with Gasteiger partial charge < -0.3 is 14.9 Å². The Morgan fingerprint density at radius 2 is 1.71 bits per heavy atom. The van der Waals surface area contributed by atoms with E-state index in [9.17, 15) is 24.6 Å². The molecule has 1 aromatic rings. The molecule has 1 rings (SSSR count). The fraction of sp³-hybridized carbons (Fsp3) is 0.471. The minimum absolute atomic E-state index is 0.0292. The Balaban J connectivity index is 3.13. The van der Waals surface area contributed by atoms with E-state index in [1.54, 1.807) is 27.7 Å². The average molecular weight is 337 g/mol. The molecule has 0 saturated carbocycles. The van der Waals surface area contributed by atoms with E-state index in [1.807, 2.05) is 0 Å². The second-order valence-electron chi connectivity index (χ2n) is 6.32. The number of carbonyl (C=O) groups is 3. The summed E-state index contributed by atoms with van der Waals surface area (Å²) in [6.45, 7) is 6.44. The van der Waals surface area contributed by atoms with Crippen molar-refractivity contribution in [2.24, 2.45) is 0 Å². The summed E-state index contributed by atoms with van der Waals surface area (Å²) in [5, 5.41) is 18.8. The van der Waals surface area contributed by atoms with Crippen LogP contribution in [0.4, 0.5) is 4.79 Å². The molecule has 2 amide bonds. The van der Waals surface area contributed by atoms with Gasteiger partial charge in [-0.1, -0.05) is 19.1 Å². The van der Waals surface area contributed by atoms with Gasteiger partial charge >= 0.3 is 12.1 Å². The van der Waals surface area contributed by atoms with Gasteiger partial charge in [-0.3, -0.25) is 4.79 Å². The van der Waals surface area contributed by atoms with Gasteiger partial charge in [0, 0.05) is 12.8 Å². The molecule has 0 fully saturated rings. The molecule has 1 atom stereocenters. The van der Waals surface area contributed by atoms with Crippen molar-refractivity contribution in [2.45, 2.75) is 52.2 Å². The summed E-state index contributed by atoms with van der Waals surface area (Å²) in [6.07, 6.45) is -1.10. The molecule has 0 radical (unpaired) electrons. The Hall–Kier alpha value is -2.57. The monoisotopic (exact) mass is 337 g/mol. The van der Waals surface area contributed by atoms with Gasteiger partial charge in [0.2, 0.25) is 5.91 Å². The molecule has 7 nitrogen and oxygen atoms in total. The van der Waals surface area contributed by atoms with Crippen molar-refractivity contribution in [3.8, 4) is 5.75 Å². The van der Waals surface area contributed by atoms with Gasteiger partial charge in [-0.05, 0) is 38.5 Å². The summed E-state index contributed by atoms with van der Waals surface area (Å²) < 4.78 is 5.17. The molecule has 0 aliphatic heterocycles. The highest BCUT2D eigenvalue weighted by Gasteiger charge is 2.36. The molecule has 7 heteroatoms. The van der Waals surface area contributed by atoms with E-state index in [0.717, 1.165) is 0 Å². The highest BCUT2D eigenvalue weighted by Crippen LogP contribution is 2.18. The molecule has 0 aromatic heterocycles. The van der Waals surface area contributed by atoms with E-state index in [0.29, 0.717) is 10.5 Å². The first-order valence-corrected chi connectivity index (χ1v) is 7.61. The molecular formula is C17H23NO6. The summed E-state index contributed by atoms with van der Waals surface area (Å²) in [4.78, 5) is 36.8. The zero-order valence-corrected chi connectivity index (χ0v) is 14.3. The molecule has 1 aromatic carbocycles. The van der Waals surface area contributed by atoms with Gasteiger partial charge in [-0.2, -0.15) is 0 Å². The maximum atomic E-state index is 12.3. The molecule has 0 aliphatic carbocycles. The first kappa shape index (κ1) is 19.5. The molecule has 1 unspecified atom stereocenters. The van der Waals surface area contributed by atoms with Crippen molar-refractivity contribution >= 4 is 18.0 Å². The summed E-state index contributed by atoms with van der Waals surface area (Å²) >= 11 is 0. The molecule has 0 spiro atoms. The Kier molecular flexibility index (Phi) is 6.34. The molecule has 0 bridgehead atoms. The highest BCUT2D eigenvalue weighted by atomic mass is 16.6. The van der Waals surface area contributed by atoms with Crippen LogP contribution < -0.4 is 0 Å². The molecule has 2 N–H and O–H groups in total. The van der Waals surface area contributed by atoms with Crippen LogP contribution in [-0.4, -0.2) is 44.7 Å². The number of nitrogens with zero attached hydrogens (tertiary/aromatic N) is 1. The van der Waals surface area contributed by atoms with E-state index in [1.165, 1.54) is 24.3 Å². The Bertz CT molecular complexity index is 603. The predicted molar refractivity (Wildman–Crippen MR) is 86.6 cm³/mol. The number of carboxylic acid groups (broad SMARTS) is 1. The third kappa shape index (κ3) is 5.57. The number of amides is 2. The molecule has 132 valence electrons. The van der Waals surface area contributed by atoms with Crippen LogP contribution in [-0.2, 0) is 20.7 Å². The third-order valence-corrected chi connectivity index (χ3v) is 3.12. The van der Waals surface area contributed by atoms with Gasteiger partial charge in [0.1, 0.15) is 17.4 Å². The van der Waals surface area contributed by atoms with Crippen LogP contribution in [0.15, 0.2) is 24.3 Å². The van der Waals surface area contributed by atoms with Gasteiger partial charge in [0.25, 0.3) is 0 Å². The second-order valence-corrected chi connectivity index (χ2v) is 6.32. The standard InChI is InChI=1S/C17H23NO6/c1-5-14(20)18(16(23)24-17(2,3)4)13(15(21)22)10-11-6-8-12(19)9-7-11/h6-9,13,19H,5,10H2,1-4H3,(H,21,22). The smallest absolute Gasteiger partial charge is 0.417 e. The van der Waals surface area contributed by atoms with Crippen LogP contribution >= 0.6 is 0 Å². The molecule has 0 saturated heterocycles. The first-order valence-electron chi connectivity index (χ1n) is 7.61. The number of carboxylic acids is 1. The number of aliphatic carboxylic acids is 1. The molecule has 0 heterocycles. The molecule has 0 aliphatic rings. The quantitative estimate of drug-likeness (QED) is 0.855. The van der Waals surface area contributed by atoms with Gasteiger partial charge in [0.05, 0.1) is 0 Å². The minimum Gasteiger partial charge on any atom is -0.508 e. The summed E-state index contributed by atoms with van der Waals surface area (Å²) in [6, 6.07) is 4.50. The van der Waals surface area contributed by atoms with Crippen molar-refractivity contribution < 1.29 is 29.3 Å². The first-order chi connectivity index (χ1) is 11.0. The second kappa shape index (κ2) is 7.81. The van der Waals surface area contributed by atoms with Crippen molar-refractivity contribution in [3.63, 3.8) is 0 Å². The van der Waals surface area contributed by atoms with E-state index < -0.39 is 29.6 Å². The fourth-order valence-corrected chi connectivity index (χ4v) is 2.03. The third-order valence-electron chi connectivity index (χ3n) is 3.12. The van der Waals surface area contributed by atoms with Crippen LogP contribution in [0.5, 0.6) is 5.75 Å². The van der Waals surface area contributed by atoms with Crippen LogP contribution in [0.3, 0.4) is 0 Å². The van der Waals surface area contributed by atoms with E-state index >= 15 is 0 Å². The zero-order valence-electron chi connectivity index (χ0n) is 14.3. The number of phenols is 1. The predicted octanol–water partition coefficient (Wildman–Crippen LogP) is 2.56. The Labute approximate surface area is 140 Å². The topological polar surface area (TPSA) is 104 Å². The number of aromatic hydroxyl groups is 1. The number of hydrogen-bond donors (Lipinski definition) is 2. The van der Waals surface area contributed by atoms with Gasteiger partial charge in [-0.25, -0.2) is 14.5 Å². The lowest BCUT2D eigenvalue weighted by molar-refractivity contribution is -0.149. The number of rotatable bonds is 5. The Morgan fingerprint density at radius 1 is 1.17 bits per heavy atom. The van der Waals surface area contributed by atoms with Crippen molar-refractivity contribution in [2.75, 3.05) is 0 Å². The normalized spacial score (nSPS) is 12.3. The van der Waals surface area contributed by atoms with Crippen LogP contribution in [0.2, 0.25) is 0 Å². The molecular weight excluding hydrogens is 314 g/mol. The lowest BCUT2D eigenvalue weighted by Gasteiger charge is -2.30. The maximum absolute atomic E-state index is 12.3. The maximum Gasteiger partial charge on any atom is 0.417 e. The largest absolute Gasteiger partial charge is 0.508 e. The van der Waals surface area contributed by atoms with Crippen LogP contribution in [0.1, 0.15) is 39.7 Å². The van der Waals surface area contributed by atoms with Gasteiger partial charge in [0.15, 0.2) is 0 Å². The highest BCUT2D eigenvalue weighted by molar-refractivity contribution is 5.96. The number of ether oxygens (including phenoxy) is 1. The number of imide groups is 1. The van der Waals surface area contributed by atoms with Crippen molar-refractivity contribution in [1.29, 1.82) is 0 Å². The van der Waals surface area contributed by atoms with Crippen molar-refractivity contribution in [3.05, 3.63) is 29.8 Å². The Morgan fingerprint density at radius 3 is 2.12 bits per heavy atom. The SMILES string of the molecule is CCC(=O)N(C(=O)OC(C)(C)C)C(Cc1ccc(O)cc1)C(=O)O. The number of benzene rings is 1. The summed E-state index contributed by atoms with van der Waals surface area (Å²) in [7, 11) is 0. The van der Waals surface area contributed by atoms with E-state index in [4.69, 9.17) is 4.74 Å². The molecule has 24 heavy (non-hydrogen) atoms. The van der Waals surface area contributed by atoms with E-state index in [-0.39, 0.29) is 18.6 Å².